The summed E-state index contributed by atoms with van der Waals surface area (Å²) in [7, 11) is 0. The SMILES string of the molecule is CCCN(CC#N)C1CCc2ccccc2NC1=O. The van der Waals surface area contributed by atoms with E-state index in [0.717, 1.165) is 31.5 Å². The van der Waals surface area contributed by atoms with Crippen molar-refractivity contribution in [2.24, 2.45) is 0 Å². The van der Waals surface area contributed by atoms with E-state index in [-0.39, 0.29) is 11.9 Å². The molecule has 4 heteroatoms. The Kier molecular flexibility index (Phi) is 4.53. The lowest BCUT2D eigenvalue weighted by Gasteiger charge is -2.26. The summed E-state index contributed by atoms with van der Waals surface area (Å²) < 4.78 is 0. The number of aryl methyl sites for hydroxylation is 1. The van der Waals surface area contributed by atoms with Crippen molar-refractivity contribution in [3.63, 3.8) is 0 Å². The van der Waals surface area contributed by atoms with Gasteiger partial charge in [-0.15, -0.1) is 0 Å². The lowest BCUT2D eigenvalue weighted by atomic mass is 10.0. The number of hydrogen-bond acceptors (Lipinski definition) is 3. The molecule has 100 valence electrons. The zero-order valence-corrected chi connectivity index (χ0v) is 11.2. The van der Waals surface area contributed by atoms with Crippen LogP contribution in [0.2, 0.25) is 0 Å². The maximum Gasteiger partial charge on any atom is 0.241 e. The van der Waals surface area contributed by atoms with Gasteiger partial charge in [-0.25, -0.2) is 0 Å². The summed E-state index contributed by atoms with van der Waals surface area (Å²) in [6.45, 7) is 3.15. The standard InChI is InChI=1S/C15H19N3O/c1-2-10-18(11-9-16)14-8-7-12-5-3-4-6-13(12)17-15(14)19/h3-6,14H,2,7-8,10-11H2,1H3,(H,17,19). The van der Waals surface area contributed by atoms with E-state index >= 15 is 0 Å². The van der Waals surface area contributed by atoms with Crippen LogP contribution < -0.4 is 5.32 Å². The second-order valence-electron chi connectivity index (χ2n) is 4.83. The summed E-state index contributed by atoms with van der Waals surface area (Å²) in [5, 5.41) is 11.9. The van der Waals surface area contributed by atoms with Crippen molar-refractivity contribution >= 4 is 11.6 Å². The first-order valence-corrected chi connectivity index (χ1v) is 6.76. The maximum atomic E-state index is 12.3. The fourth-order valence-electron chi connectivity index (χ4n) is 2.57. The molecule has 4 nitrogen and oxygen atoms in total. The van der Waals surface area contributed by atoms with Crippen LogP contribution in [0.25, 0.3) is 0 Å². The Hall–Kier alpha value is -1.86. The van der Waals surface area contributed by atoms with E-state index in [4.69, 9.17) is 5.26 Å². The van der Waals surface area contributed by atoms with Crippen molar-refractivity contribution in [1.82, 2.24) is 4.90 Å². The molecule has 1 amide bonds. The van der Waals surface area contributed by atoms with Crippen molar-refractivity contribution < 1.29 is 4.79 Å². The third-order valence-corrected chi connectivity index (χ3v) is 3.49. The molecular weight excluding hydrogens is 238 g/mol. The van der Waals surface area contributed by atoms with Crippen molar-refractivity contribution in [2.75, 3.05) is 18.4 Å². The van der Waals surface area contributed by atoms with Crippen molar-refractivity contribution in [1.29, 1.82) is 5.26 Å². The lowest BCUT2D eigenvalue weighted by Crippen LogP contribution is -2.44. The molecule has 0 fully saturated rings. The number of para-hydroxylation sites is 1. The second kappa shape index (κ2) is 6.35. The Balaban J connectivity index is 2.17. The highest BCUT2D eigenvalue weighted by molar-refractivity contribution is 5.96. The van der Waals surface area contributed by atoms with Gasteiger partial charge in [-0.05, 0) is 37.4 Å². The zero-order chi connectivity index (χ0) is 13.7. The van der Waals surface area contributed by atoms with Gasteiger partial charge in [0.2, 0.25) is 5.91 Å². The smallest absolute Gasteiger partial charge is 0.241 e. The van der Waals surface area contributed by atoms with Crippen LogP contribution in [0.1, 0.15) is 25.3 Å². The molecule has 1 heterocycles. The third kappa shape index (κ3) is 3.12. The van der Waals surface area contributed by atoms with Gasteiger partial charge in [-0.3, -0.25) is 9.69 Å². The topological polar surface area (TPSA) is 56.1 Å². The van der Waals surface area contributed by atoms with Crippen LogP contribution in [0.3, 0.4) is 0 Å². The predicted octanol–water partition coefficient (Wildman–Crippen LogP) is 2.18. The molecule has 2 rings (SSSR count). The molecule has 0 aliphatic carbocycles. The first-order valence-electron chi connectivity index (χ1n) is 6.76. The molecule has 1 aromatic carbocycles. The van der Waals surface area contributed by atoms with E-state index in [1.54, 1.807) is 0 Å². The molecule has 1 aromatic rings. The first-order chi connectivity index (χ1) is 9.26. The number of hydrogen-bond donors (Lipinski definition) is 1. The molecule has 0 saturated carbocycles. The van der Waals surface area contributed by atoms with Crippen LogP contribution in [0.5, 0.6) is 0 Å². The molecule has 1 aliphatic heterocycles. The van der Waals surface area contributed by atoms with Crippen LogP contribution in [0.15, 0.2) is 24.3 Å². The molecule has 1 atom stereocenters. The highest BCUT2D eigenvalue weighted by atomic mass is 16.2. The first kappa shape index (κ1) is 13.6. The summed E-state index contributed by atoms with van der Waals surface area (Å²) >= 11 is 0. The second-order valence-corrected chi connectivity index (χ2v) is 4.83. The van der Waals surface area contributed by atoms with E-state index in [1.165, 1.54) is 5.56 Å². The molecule has 0 spiro atoms. The number of nitriles is 1. The molecular formula is C15H19N3O. The van der Waals surface area contributed by atoms with Gasteiger partial charge in [0.15, 0.2) is 0 Å². The van der Waals surface area contributed by atoms with Gasteiger partial charge in [0.1, 0.15) is 0 Å². The summed E-state index contributed by atoms with van der Waals surface area (Å²) in [6, 6.07) is 9.86. The van der Waals surface area contributed by atoms with Gasteiger partial charge < -0.3 is 5.32 Å². The molecule has 1 unspecified atom stereocenters. The summed E-state index contributed by atoms with van der Waals surface area (Å²) in [5.74, 6) is 0.00801. The molecule has 0 aromatic heterocycles. The van der Waals surface area contributed by atoms with Gasteiger partial charge in [0, 0.05) is 5.69 Å². The van der Waals surface area contributed by atoms with Crippen LogP contribution in [-0.2, 0) is 11.2 Å². The molecule has 1 aliphatic rings. The Labute approximate surface area is 114 Å². The number of fused-ring (bicyclic) bond motifs is 1. The van der Waals surface area contributed by atoms with E-state index in [0.29, 0.717) is 6.54 Å². The summed E-state index contributed by atoms with van der Waals surface area (Å²) in [5.41, 5.74) is 2.08. The van der Waals surface area contributed by atoms with E-state index in [1.807, 2.05) is 29.2 Å². The number of carbonyl (C=O) groups excluding carboxylic acids is 1. The summed E-state index contributed by atoms with van der Waals surface area (Å²) in [6.07, 6.45) is 2.58. The molecule has 0 bridgehead atoms. The lowest BCUT2D eigenvalue weighted by molar-refractivity contribution is -0.121. The monoisotopic (exact) mass is 257 g/mol. The quantitative estimate of drug-likeness (QED) is 0.841. The van der Waals surface area contributed by atoms with Gasteiger partial charge in [0.05, 0.1) is 18.7 Å². The van der Waals surface area contributed by atoms with E-state index in [2.05, 4.69) is 18.3 Å². The van der Waals surface area contributed by atoms with Crippen LogP contribution in [0.4, 0.5) is 5.69 Å². The summed E-state index contributed by atoms with van der Waals surface area (Å²) in [4.78, 5) is 14.3. The zero-order valence-electron chi connectivity index (χ0n) is 11.2. The minimum atomic E-state index is -0.202. The highest BCUT2D eigenvalue weighted by Gasteiger charge is 2.28. The fraction of sp³-hybridized carbons (Fsp3) is 0.467. The van der Waals surface area contributed by atoms with Crippen molar-refractivity contribution in [3.8, 4) is 6.07 Å². The number of rotatable bonds is 4. The van der Waals surface area contributed by atoms with Crippen LogP contribution in [0, 0.1) is 11.3 Å². The number of anilines is 1. The average molecular weight is 257 g/mol. The molecule has 0 saturated heterocycles. The minimum absolute atomic E-state index is 0.00801. The largest absolute Gasteiger partial charge is 0.324 e. The number of nitrogens with zero attached hydrogens (tertiary/aromatic N) is 2. The molecule has 19 heavy (non-hydrogen) atoms. The van der Waals surface area contributed by atoms with Gasteiger partial charge in [0.25, 0.3) is 0 Å². The van der Waals surface area contributed by atoms with E-state index in [9.17, 15) is 4.79 Å². The highest BCUT2D eigenvalue weighted by Crippen LogP contribution is 2.23. The van der Waals surface area contributed by atoms with Crippen LogP contribution in [-0.4, -0.2) is 29.9 Å². The Bertz CT molecular complexity index is 492. The van der Waals surface area contributed by atoms with E-state index < -0.39 is 0 Å². The van der Waals surface area contributed by atoms with Gasteiger partial charge in [-0.2, -0.15) is 5.26 Å². The maximum absolute atomic E-state index is 12.3. The van der Waals surface area contributed by atoms with Crippen molar-refractivity contribution in [3.05, 3.63) is 29.8 Å². The number of nitrogens with one attached hydrogen (secondary N) is 1. The van der Waals surface area contributed by atoms with Gasteiger partial charge in [-0.1, -0.05) is 25.1 Å². The minimum Gasteiger partial charge on any atom is -0.324 e. The van der Waals surface area contributed by atoms with Crippen molar-refractivity contribution in [2.45, 2.75) is 32.2 Å². The predicted molar refractivity (Wildman–Crippen MR) is 74.7 cm³/mol. The Morgan fingerprint density at radius 1 is 1.47 bits per heavy atom. The fourth-order valence-corrected chi connectivity index (χ4v) is 2.57. The van der Waals surface area contributed by atoms with Crippen LogP contribution >= 0.6 is 0 Å². The normalized spacial score (nSPS) is 18.4. The molecule has 1 N–H and O–H groups in total. The molecule has 0 radical (unpaired) electrons. The Morgan fingerprint density at radius 3 is 3.00 bits per heavy atom. The number of amides is 1. The number of carbonyl (C=O) groups is 1. The van der Waals surface area contributed by atoms with Gasteiger partial charge >= 0.3 is 0 Å². The number of benzene rings is 1. The third-order valence-electron chi connectivity index (χ3n) is 3.49. The average Bonchev–Trinajstić information content (AvgIpc) is 2.57. The Morgan fingerprint density at radius 2 is 2.26 bits per heavy atom.